The highest BCUT2D eigenvalue weighted by atomic mass is 16.5. The van der Waals surface area contributed by atoms with E-state index in [4.69, 9.17) is 15.9 Å². The lowest BCUT2D eigenvalue weighted by atomic mass is 10.1. The van der Waals surface area contributed by atoms with Crippen molar-refractivity contribution < 1.29 is 4.74 Å². The van der Waals surface area contributed by atoms with Crippen LogP contribution in [0.4, 0.5) is 0 Å². The third-order valence-electron chi connectivity index (χ3n) is 2.44. The lowest BCUT2D eigenvalue weighted by molar-refractivity contribution is 0.115. The molecule has 1 heterocycles. The SMILES string of the molecule is CC(C)CCCOCc1ccnc(C(=N)N)c1. The number of nitrogens with one attached hydrogen (secondary N) is 1. The van der Waals surface area contributed by atoms with Gasteiger partial charge >= 0.3 is 0 Å². The van der Waals surface area contributed by atoms with E-state index < -0.39 is 0 Å². The molecule has 0 amide bonds. The first-order chi connectivity index (χ1) is 8.09. The predicted octanol–water partition coefficient (Wildman–Crippen LogP) is 2.32. The van der Waals surface area contributed by atoms with Crippen molar-refractivity contribution >= 4 is 5.84 Å². The molecule has 0 aliphatic carbocycles. The van der Waals surface area contributed by atoms with Crippen LogP contribution in [0.5, 0.6) is 0 Å². The van der Waals surface area contributed by atoms with Crippen molar-refractivity contribution in [3.63, 3.8) is 0 Å². The van der Waals surface area contributed by atoms with Crippen LogP contribution in [0.2, 0.25) is 0 Å². The molecule has 3 N–H and O–H groups in total. The van der Waals surface area contributed by atoms with E-state index in [2.05, 4.69) is 18.8 Å². The number of amidine groups is 1. The molecule has 0 spiro atoms. The van der Waals surface area contributed by atoms with Gasteiger partial charge in [0.05, 0.1) is 6.61 Å². The summed E-state index contributed by atoms with van der Waals surface area (Å²) in [6, 6.07) is 3.68. The molecule has 0 radical (unpaired) electrons. The molecule has 0 saturated heterocycles. The summed E-state index contributed by atoms with van der Waals surface area (Å²) < 4.78 is 5.57. The summed E-state index contributed by atoms with van der Waals surface area (Å²) in [5.41, 5.74) is 6.89. The molecule has 4 nitrogen and oxygen atoms in total. The Morgan fingerprint density at radius 2 is 2.29 bits per heavy atom. The number of hydrogen-bond donors (Lipinski definition) is 2. The second kappa shape index (κ2) is 7.01. The smallest absolute Gasteiger partial charge is 0.141 e. The molecule has 0 aliphatic heterocycles. The van der Waals surface area contributed by atoms with E-state index in [1.807, 2.05) is 6.07 Å². The van der Waals surface area contributed by atoms with Gasteiger partial charge in [0.25, 0.3) is 0 Å². The maximum atomic E-state index is 7.30. The van der Waals surface area contributed by atoms with Gasteiger partial charge in [0.15, 0.2) is 0 Å². The third kappa shape index (κ3) is 5.45. The molecule has 17 heavy (non-hydrogen) atoms. The van der Waals surface area contributed by atoms with Crippen LogP contribution in [0.15, 0.2) is 18.3 Å². The van der Waals surface area contributed by atoms with Crippen molar-refractivity contribution in [2.45, 2.75) is 33.3 Å². The molecule has 0 saturated carbocycles. The van der Waals surface area contributed by atoms with Crippen molar-refractivity contribution in [1.29, 1.82) is 5.41 Å². The zero-order chi connectivity index (χ0) is 12.7. The molecule has 1 aromatic heterocycles. The highest BCUT2D eigenvalue weighted by molar-refractivity contribution is 5.93. The standard InChI is InChI=1S/C13H21N3O/c1-10(2)4-3-7-17-9-11-5-6-16-12(8-11)13(14)15/h5-6,8,10H,3-4,7,9H2,1-2H3,(H3,14,15). The van der Waals surface area contributed by atoms with Crippen LogP contribution in [0.1, 0.15) is 37.9 Å². The lowest BCUT2D eigenvalue weighted by Gasteiger charge is -2.07. The van der Waals surface area contributed by atoms with Crippen LogP contribution in [0.3, 0.4) is 0 Å². The van der Waals surface area contributed by atoms with Crippen LogP contribution in [0, 0.1) is 11.3 Å². The summed E-state index contributed by atoms with van der Waals surface area (Å²) >= 11 is 0. The van der Waals surface area contributed by atoms with Crippen molar-refractivity contribution in [3.8, 4) is 0 Å². The van der Waals surface area contributed by atoms with Gasteiger partial charge < -0.3 is 10.5 Å². The first-order valence-electron chi connectivity index (χ1n) is 5.96. The van der Waals surface area contributed by atoms with Crippen molar-refractivity contribution in [1.82, 2.24) is 4.98 Å². The average Bonchev–Trinajstić information content (AvgIpc) is 2.28. The first-order valence-corrected chi connectivity index (χ1v) is 5.96. The minimum Gasteiger partial charge on any atom is -0.382 e. The largest absolute Gasteiger partial charge is 0.382 e. The number of pyridine rings is 1. The number of rotatable bonds is 7. The summed E-state index contributed by atoms with van der Waals surface area (Å²) in [6.45, 7) is 5.75. The van der Waals surface area contributed by atoms with Gasteiger partial charge in [-0.3, -0.25) is 10.4 Å². The summed E-state index contributed by atoms with van der Waals surface area (Å²) in [5, 5.41) is 7.30. The van der Waals surface area contributed by atoms with Gasteiger partial charge in [-0.05, 0) is 36.5 Å². The van der Waals surface area contributed by atoms with Crippen molar-refractivity contribution in [3.05, 3.63) is 29.6 Å². The summed E-state index contributed by atoms with van der Waals surface area (Å²) in [7, 11) is 0. The van der Waals surface area contributed by atoms with Crippen molar-refractivity contribution in [2.75, 3.05) is 6.61 Å². The van der Waals surface area contributed by atoms with Crippen LogP contribution in [-0.4, -0.2) is 17.4 Å². The number of ether oxygens (including phenoxy) is 1. The molecular weight excluding hydrogens is 214 g/mol. The van der Waals surface area contributed by atoms with Gasteiger partial charge in [0, 0.05) is 12.8 Å². The number of nitrogens with zero attached hydrogens (tertiary/aromatic N) is 1. The number of nitrogens with two attached hydrogens (primary N) is 1. The molecule has 94 valence electrons. The highest BCUT2D eigenvalue weighted by Gasteiger charge is 2.00. The normalized spacial score (nSPS) is 10.8. The van der Waals surface area contributed by atoms with Gasteiger partial charge in [0.2, 0.25) is 0 Å². The lowest BCUT2D eigenvalue weighted by Crippen LogP contribution is -2.13. The minimum atomic E-state index is -0.00772. The summed E-state index contributed by atoms with van der Waals surface area (Å²) in [4.78, 5) is 4.00. The zero-order valence-electron chi connectivity index (χ0n) is 10.6. The summed E-state index contributed by atoms with van der Waals surface area (Å²) in [5.74, 6) is 0.718. The Hall–Kier alpha value is -1.42. The Morgan fingerprint density at radius 1 is 1.53 bits per heavy atom. The molecule has 0 aromatic carbocycles. The van der Waals surface area contributed by atoms with E-state index in [1.54, 1.807) is 12.3 Å². The van der Waals surface area contributed by atoms with Crippen LogP contribution in [-0.2, 0) is 11.3 Å². The van der Waals surface area contributed by atoms with Gasteiger partial charge in [-0.2, -0.15) is 0 Å². The second-order valence-corrected chi connectivity index (χ2v) is 4.55. The molecule has 0 bridgehead atoms. The third-order valence-corrected chi connectivity index (χ3v) is 2.44. The molecule has 1 rings (SSSR count). The quantitative estimate of drug-likeness (QED) is 0.433. The molecule has 0 atom stereocenters. The molecule has 0 unspecified atom stereocenters. The first kappa shape index (κ1) is 13.6. The Kier molecular flexibility index (Phi) is 5.63. The van der Waals surface area contributed by atoms with E-state index in [9.17, 15) is 0 Å². The fraction of sp³-hybridized carbons (Fsp3) is 0.538. The summed E-state index contributed by atoms with van der Waals surface area (Å²) in [6.07, 6.45) is 3.93. The fourth-order valence-corrected chi connectivity index (χ4v) is 1.50. The molecule has 0 fully saturated rings. The maximum absolute atomic E-state index is 7.30. The Morgan fingerprint density at radius 3 is 2.94 bits per heavy atom. The minimum absolute atomic E-state index is 0.00772. The fourth-order valence-electron chi connectivity index (χ4n) is 1.50. The Bertz CT molecular complexity index is 363. The van der Waals surface area contributed by atoms with Crippen molar-refractivity contribution in [2.24, 2.45) is 11.7 Å². The topological polar surface area (TPSA) is 72.0 Å². The second-order valence-electron chi connectivity index (χ2n) is 4.55. The Balaban J connectivity index is 2.31. The van der Waals surface area contributed by atoms with E-state index >= 15 is 0 Å². The van der Waals surface area contributed by atoms with Gasteiger partial charge in [0.1, 0.15) is 11.5 Å². The van der Waals surface area contributed by atoms with E-state index in [1.165, 1.54) is 6.42 Å². The zero-order valence-corrected chi connectivity index (χ0v) is 10.6. The molecule has 0 aliphatic rings. The van der Waals surface area contributed by atoms with Gasteiger partial charge in [-0.1, -0.05) is 13.8 Å². The average molecular weight is 235 g/mol. The van der Waals surface area contributed by atoms with Crippen LogP contribution < -0.4 is 5.73 Å². The predicted molar refractivity (Wildman–Crippen MR) is 69.0 cm³/mol. The monoisotopic (exact) mass is 235 g/mol. The number of nitrogen functional groups attached to an aromatic ring is 1. The highest BCUT2D eigenvalue weighted by Crippen LogP contribution is 2.06. The van der Waals surface area contributed by atoms with Crippen LogP contribution in [0.25, 0.3) is 0 Å². The van der Waals surface area contributed by atoms with E-state index in [-0.39, 0.29) is 5.84 Å². The Labute approximate surface area is 103 Å². The molecule has 1 aromatic rings. The van der Waals surface area contributed by atoms with Crippen LogP contribution >= 0.6 is 0 Å². The van der Waals surface area contributed by atoms with E-state index in [0.717, 1.165) is 24.5 Å². The number of hydrogen-bond acceptors (Lipinski definition) is 3. The maximum Gasteiger partial charge on any atom is 0.141 e. The number of aromatic nitrogens is 1. The van der Waals surface area contributed by atoms with Gasteiger partial charge in [-0.15, -0.1) is 0 Å². The van der Waals surface area contributed by atoms with Gasteiger partial charge in [-0.25, -0.2) is 0 Å². The van der Waals surface area contributed by atoms with E-state index in [0.29, 0.717) is 12.3 Å². The molecular formula is C13H21N3O. The molecule has 4 heteroatoms.